The standard InChI is InChI=1S/C36H40BF3O/c1-2-3-4-5-24-6-8-25(9-7-24)26-10-12-27(13-11-26)30-18-19-31(33(38)22-30)28-14-16-29(17-15-28)32-20-21-34(41-23-37)36(40)35(32)39/h2-3,12,14-22,24-26H,4-11,13,23,37H2,1H3/b3-2+. The van der Waals surface area contributed by atoms with Gasteiger partial charge in [0.05, 0.1) is 6.51 Å². The summed E-state index contributed by atoms with van der Waals surface area (Å²) in [4.78, 5) is 0. The third-order valence-electron chi connectivity index (χ3n) is 9.18. The van der Waals surface area contributed by atoms with Gasteiger partial charge in [-0.05, 0) is 110 Å². The van der Waals surface area contributed by atoms with Crippen molar-refractivity contribution in [3.05, 3.63) is 95.8 Å². The van der Waals surface area contributed by atoms with E-state index in [4.69, 9.17) is 4.74 Å². The number of halogens is 3. The van der Waals surface area contributed by atoms with Crippen LogP contribution in [0, 0.1) is 35.2 Å². The number of ether oxygens (including phenoxy) is 1. The summed E-state index contributed by atoms with van der Waals surface area (Å²) in [6.07, 6.45) is 18.1. The van der Waals surface area contributed by atoms with E-state index >= 15 is 4.39 Å². The lowest BCUT2D eigenvalue weighted by atomic mass is 9.70. The van der Waals surface area contributed by atoms with E-state index in [1.165, 1.54) is 62.7 Å². The minimum atomic E-state index is -0.999. The molecule has 5 heteroatoms. The van der Waals surface area contributed by atoms with Crippen LogP contribution in [0.4, 0.5) is 13.2 Å². The number of rotatable bonds is 9. The van der Waals surface area contributed by atoms with Crippen LogP contribution in [0.15, 0.2) is 72.8 Å². The SMILES string of the molecule is BCOc1ccc(-c2ccc(-c3ccc(C4=CCC(C5CCC(CC/C=C/C)CC5)CC4)cc3F)cc2)c(F)c1F. The summed E-state index contributed by atoms with van der Waals surface area (Å²) < 4.78 is 49.4. The van der Waals surface area contributed by atoms with Crippen molar-refractivity contribution in [3.63, 3.8) is 0 Å². The smallest absolute Gasteiger partial charge is 0.201 e. The average molecular weight is 557 g/mol. The van der Waals surface area contributed by atoms with Crippen LogP contribution in [0.1, 0.15) is 70.3 Å². The molecular formula is C36H40BF3O. The van der Waals surface area contributed by atoms with Gasteiger partial charge in [0.15, 0.2) is 19.4 Å². The van der Waals surface area contributed by atoms with E-state index in [2.05, 4.69) is 25.2 Å². The Balaban J connectivity index is 1.21. The fourth-order valence-corrected chi connectivity index (χ4v) is 6.79. The summed E-state index contributed by atoms with van der Waals surface area (Å²) in [5.74, 6) is 0.164. The van der Waals surface area contributed by atoms with Gasteiger partial charge in [-0.15, -0.1) is 0 Å². The van der Waals surface area contributed by atoms with Crippen molar-refractivity contribution in [2.24, 2.45) is 17.8 Å². The summed E-state index contributed by atoms with van der Waals surface area (Å²) >= 11 is 0. The van der Waals surface area contributed by atoms with Gasteiger partial charge in [0.2, 0.25) is 5.82 Å². The van der Waals surface area contributed by atoms with Crippen LogP contribution >= 0.6 is 0 Å². The molecule has 5 rings (SSSR count). The van der Waals surface area contributed by atoms with Crippen LogP contribution in [0.2, 0.25) is 0 Å². The first kappa shape index (κ1) is 29.3. The van der Waals surface area contributed by atoms with Crippen LogP contribution < -0.4 is 4.74 Å². The normalized spacial score (nSPS) is 21.2. The number of allylic oxidation sites excluding steroid dienone is 4. The van der Waals surface area contributed by atoms with Gasteiger partial charge in [-0.3, -0.25) is 0 Å². The van der Waals surface area contributed by atoms with Crippen molar-refractivity contribution >= 4 is 13.4 Å². The predicted octanol–water partition coefficient (Wildman–Crippen LogP) is 9.75. The van der Waals surface area contributed by atoms with E-state index in [0.717, 1.165) is 36.2 Å². The summed E-state index contributed by atoms with van der Waals surface area (Å²) in [7, 11) is 1.72. The maximum absolute atomic E-state index is 15.3. The van der Waals surface area contributed by atoms with E-state index in [9.17, 15) is 8.78 Å². The molecule has 0 aromatic heterocycles. The summed E-state index contributed by atoms with van der Waals surface area (Å²) in [5, 5.41) is 0. The summed E-state index contributed by atoms with van der Waals surface area (Å²) in [5.41, 5.74) is 4.07. The molecular weight excluding hydrogens is 516 g/mol. The van der Waals surface area contributed by atoms with E-state index in [1.807, 2.05) is 12.1 Å². The van der Waals surface area contributed by atoms with Crippen molar-refractivity contribution in [3.8, 4) is 28.0 Å². The van der Waals surface area contributed by atoms with Crippen molar-refractivity contribution in [2.45, 2.75) is 64.7 Å². The second kappa shape index (κ2) is 13.6. The highest BCUT2D eigenvalue weighted by molar-refractivity contribution is 6.08. The van der Waals surface area contributed by atoms with Crippen LogP contribution in [0.3, 0.4) is 0 Å². The van der Waals surface area contributed by atoms with Crippen molar-refractivity contribution in [1.29, 1.82) is 0 Å². The van der Waals surface area contributed by atoms with E-state index in [-0.39, 0.29) is 23.6 Å². The molecule has 0 amide bonds. The number of hydrogen-bond donors (Lipinski definition) is 0. The van der Waals surface area contributed by atoms with Crippen LogP contribution in [-0.4, -0.2) is 14.4 Å². The topological polar surface area (TPSA) is 9.23 Å². The molecule has 2 aliphatic carbocycles. The third kappa shape index (κ3) is 6.82. The van der Waals surface area contributed by atoms with Gasteiger partial charge in [-0.1, -0.05) is 67.5 Å². The van der Waals surface area contributed by atoms with Gasteiger partial charge in [-0.2, -0.15) is 4.39 Å². The molecule has 1 atom stereocenters. The Morgan fingerprint density at radius 2 is 1.49 bits per heavy atom. The van der Waals surface area contributed by atoms with Crippen LogP contribution in [0.5, 0.6) is 5.75 Å². The Bertz CT molecular complexity index is 1390. The fraction of sp³-hybridized carbons (Fsp3) is 0.389. The first-order valence-corrected chi connectivity index (χ1v) is 15.3. The highest BCUT2D eigenvalue weighted by Gasteiger charge is 2.28. The molecule has 214 valence electrons. The molecule has 2 aliphatic rings. The number of benzene rings is 3. The maximum Gasteiger partial charge on any atom is 0.201 e. The molecule has 41 heavy (non-hydrogen) atoms. The molecule has 1 nitrogen and oxygen atoms in total. The molecule has 3 aromatic carbocycles. The Hall–Kier alpha value is -3.21. The van der Waals surface area contributed by atoms with Crippen molar-refractivity contribution in [1.82, 2.24) is 0 Å². The first-order chi connectivity index (χ1) is 20.0. The minimum absolute atomic E-state index is 0.102. The predicted molar refractivity (Wildman–Crippen MR) is 166 cm³/mol. The van der Waals surface area contributed by atoms with Gasteiger partial charge < -0.3 is 4.74 Å². The van der Waals surface area contributed by atoms with E-state index in [1.54, 1.807) is 38.2 Å². The minimum Gasteiger partial charge on any atom is -0.500 e. The molecule has 1 fully saturated rings. The lowest BCUT2D eigenvalue weighted by molar-refractivity contribution is 0.190. The zero-order chi connectivity index (χ0) is 28.8. The summed E-state index contributed by atoms with van der Waals surface area (Å²) in [6.45, 7) is 2.36. The molecule has 0 bridgehead atoms. The lowest BCUT2D eigenvalue weighted by Crippen LogP contribution is -2.23. The lowest BCUT2D eigenvalue weighted by Gasteiger charge is -2.35. The van der Waals surface area contributed by atoms with Gasteiger partial charge in [0, 0.05) is 11.1 Å². The Morgan fingerprint density at radius 1 is 0.805 bits per heavy atom. The molecule has 0 heterocycles. The van der Waals surface area contributed by atoms with Crippen LogP contribution in [0.25, 0.3) is 27.8 Å². The van der Waals surface area contributed by atoms with Crippen molar-refractivity contribution in [2.75, 3.05) is 6.51 Å². The Labute approximate surface area is 243 Å². The van der Waals surface area contributed by atoms with Gasteiger partial charge in [-0.25, -0.2) is 8.78 Å². The fourth-order valence-electron chi connectivity index (χ4n) is 6.79. The monoisotopic (exact) mass is 556 g/mol. The second-order valence-corrected chi connectivity index (χ2v) is 11.6. The van der Waals surface area contributed by atoms with E-state index in [0.29, 0.717) is 16.7 Å². The Kier molecular flexibility index (Phi) is 9.74. The molecule has 0 saturated heterocycles. The molecule has 0 N–H and O–H groups in total. The zero-order valence-corrected chi connectivity index (χ0v) is 24.3. The quantitative estimate of drug-likeness (QED) is 0.188. The second-order valence-electron chi connectivity index (χ2n) is 11.6. The third-order valence-corrected chi connectivity index (χ3v) is 9.18. The van der Waals surface area contributed by atoms with E-state index < -0.39 is 11.6 Å². The van der Waals surface area contributed by atoms with Gasteiger partial charge in [0.25, 0.3) is 0 Å². The van der Waals surface area contributed by atoms with Gasteiger partial charge >= 0.3 is 0 Å². The van der Waals surface area contributed by atoms with Crippen LogP contribution in [-0.2, 0) is 0 Å². The molecule has 3 aromatic rings. The summed E-state index contributed by atoms with van der Waals surface area (Å²) in [6, 6.07) is 15.3. The zero-order valence-electron chi connectivity index (χ0n) is 24.3. The maximum atomic E-state index is 15.3. The molecule has 1 unspecified atom stereocenters. The molecule has 0 radical (unpaired) electrons. The molecule has 0 aliphatic heterocycles. The average Bonchev–Trinajstić information content (AvgIpc) is 3.00. The highest BCUT2D eigenvalue weighted by Crippen LogP contribution is 2.42. The molecule has 0 spiro atoms. The Morgan fingerprint density at radius 3 is 2.12 bits per heavy atom. The number of hydrogen-bond acceptors (Lipinski definition) is 1. The van der Waals surface area contributed by atoms with Crippen molar-refractivity contribution < 1.29 is 17.9 Å². The largest absolute Gasteiger partial charge is 0.500 e. The first-order valence-electron chi connectivity index (χ1n) is 15.3. The highest BCUT2D eigenvalue weighted by atomic mass is 19.2. The van der Waals surface area contributed by atoms with Gasteiger partial charge in [0.1, 0.15) is 5.82 Å². The molecule has 1 saturated carbocycles.